The third-order valence-electron chi connectivity index (χ3n) is 6.77. The Hall–Kier alpha value is -3.22. The quantitative estimate of drug-likeness (QED) is 0.647. The highest BCUT2D eigenvalue weighted by atomic mass is 16.2. The molecule has 2 N–H and O–H groups in total. The number of hydrogen-bond acceptors (Lipinski definition) is 5. The molecule has 3 heterocycles. The Labute approximate surface area is 182 Å². The summed E-state index contributed by atoms with van der Waals surface area (Å²) in [5.74, 6) is 1.05. The first-order chi connectivity index (χ1) is 15.2. The van der Waals surface area contributed by atoms with Crippen molar-refractivity contribution in [1.82, 2.24) is 24.6 Å². The molecule has 7 nitrogen and oxygen atoms in total. The number of fused-ring (bicyclic) bond motifs is 1. The molecule has 5 rings (SSSR count). The maximum Gasteiger partial charge on any atom is 0.246 e. The number of likely N-dealkylation sites (tertiary alicyclic amines) is 1. The summed E-state index contributed by atoms with van der Waals surface area (Å²) >= 11 is 0. The Kier molecular flexibility index (Phi) is 5.18. The van der Waals surface area contributed by atoms with E-state index in [1.165, 1.54) is 50.1 Å². The molecule has 1 saturated carbocycles. The van der Waals surface area contributed by atoms with Crippen LogP contribution in [-0.4, -0.2) is 43.6 Å². The van der Waals surface area contributed by atoms with Gasteiger partial charge in [-0.05, 0) is 36.8 Å². The lowest BCUT2D eigenvalue weighted by Crippen LogP contribution is -2.27. The molecule has 2 aliphatic rings. The van der Waals surface area contributed by atoms with E-state index in [-0.39, 0.29) is 11.9 Å². The molecule has 160 valence electrons. The molecule has 1 unspecified atom stereocenters. The zero-order valence-electron chi connectivity index (χ0n) is 17.7. The number of hydrogen-bond donors (Lipinski definition) is 1. The van der Waals surface area contributed by atoms with Crippen LogP contribution in [0.3, 0.4) is 0 Å². The van der Waals surface area contributed by atoms with Gasteiger partial charge in [-0.1, -0.05) is 50.1 Å². The topological polar surface area (TPSA) is 89.9 Å². The van der Waals surface area contributed by atoms with E-state index in [4.69, 9.17) is 10.8 Å². The van der Waals surface area contributed by atoms with Crippen molar-refractivity contribution < 1.29 is 4.79 Å². The highest BCUT2D eigenvalue weighted by Gasteiger charge is 2.30. The molecule has 1 saturated heterocycles. The van der Waals surface area contributed by atoms with E-state index < -0.39 is 0 Å². The molecule has 2 fully saturated rings. The van der Waals surface area contributed by atoms with E-state index in [2.05, 4.69) is 40.8 Å². The number of nitrogens with two attached hydrogens (primary N) is 1. The minimum absolute atomic E-state index is 0.0494. The van der Waals surface area contributed by atoms with Crippen molar-refractivity contribution in [3.63, 3.8) is 0 Å². The van der Waals surface area contributed by atoms with Crippen molar-refractivity contribution in [3.8, 4) is 11.3 Å². The molecule has 2 aromatic heterocycles. The lowest BCUT2D eigenvalue weighted by atomic mass is 9.84. The molecule has 1 aromatic carbocycles. The first kappa shape index (κ1) is 19.7. The molecule has 31 heavy (non-hydrogen) atoms. The van der Waals surface area contributed by atoms with Crippen LogP contribution in [0.2, 0.25) is 0 Å². The molecule has 0 bridgehead atoms. The lowest BCUT2D eigenvalue weighted by molar-refractivity contribution is -0.125. The van der Waals surface area contributed by atoms with E-state index in [0.29, 0.717) is 24.8 Å². The summed E-state index contributed by atoms with van der Waals surface area (Å²) in [5, 5.41) is 5.71. The summed E-state index contributed by atoms with van der Waals surface area (Å²) in [6, 6.07) is 8.80. The standard InChI is InChI=1S/C24H28N6O/c1-2-20(31)29-13-12-19(14-29)30-24-21(23(25)26-15-27-24)22(28-30)18-10-8-17(9-11-18)16-6-4-3-5-7-16/h2,8-11,15-16,19H,1,3-7,12-14H2,(H2,25,26,27). The van der Waals surface area contributed by atoms with Crippen LogP contribution in [-0.2, 0) is 4.79 Å². The highest BCUT2D eigenvalue weighted by molar-refractivity contribution is 5.98. The van der Waals surface area contributed by atoms with Gasteiger partial charge in [0.2, 0.25) is 5.91 Å². The van der Waals surface area contributed by atoms with Gasteiger partial charge in [0, 0.05) is 18.7 Å². The maximum atomic E-state index is 12.0. The monoisotopic (exact) mass is 416 g/mol. The minimum Gasteiger partial charge on any atom is -0.383 e. The summed E-state index contributed by atoms with van der Waals surface area (Å²) in [6.45, 7) is 4.87. The molecular formula is C24H28N6O. The predicted molar refractivity (Wildman–Crippen MR) is 121 cm³/mol. The molecule has 0 spiro atoms. The molecular weight excluding hydrogens is 388 g/mol. The van der Waals surface area contributed by atoms with Gasteiger partial charge >= 0.3 is 0 Å². The third kappa shape index (κ3) is 3.58. The van der Waals surface area contributed by atoms with Crippen molar-refractivity contribution in [2.45, 2.75) is 50.5 Å². The first-order valence-electron chi connectivity index (χ1n) is 11.2. The number of nitrogen functional groups attached to an aromatic ring is 1. The van der Waals surface area contributed by atoms with Gasteiger partial charge in [0.25, 0.3) is 0 Å². The largest absolute Gasteiger partial charge is 0.383 e. The number of rotatable bonds is 4. The number of carbonyl (C=O) groups excluding carboxylic acids is 1. The molecule has 1 atom stereocenters. The Morgan fingerprint density at radius 3 is 2.61 bits per heavy atom. The van der Waals surface area contributed by atoms with Gasteiger partial charge in [0.05, 0.1) is 11.4 Å². The van der Waals surface area contributed by atoms with E-state index in [1.807, 2.05) is 4.68 Å². The second kappa shape index (κ2) is 8.13. The van der Waals surface area contributed by atoms with Crippen molar-refractivity contribution in [1.29, 1.82) is 0 Å². The zero-order valence-corrected chi connectivity index (χ0v) is 17.7. The molecule has 0 radical (unpaired) electrons. The van der Waals surface area contributed by atoms with Crippen LogP contribution >= 0.6 is 0 Å². The zero-order chi connectivity index (χ0) is 21.4. The Morgan fingerprint density at radius 2 is 1.87 bits per heavy atom. The van der Waals surface area contributed by atoms with E-state index in [1.54, 1.807) is 4.90 Å². The van der Waals surface area contributed by atoms with Gasteiger partial charge in [-0.2, -0.15) is 5.10 Å². The van der Waals surface area contributed by atoms with Crippen LogP contribution in [0.25, 0.3) is 22.3 Å². The fourth-order valence-electron chi connectivity index (χ4n) is 5.07. The van der Waals surface area contributed by atoms with Gasteiger partial charge in [-0.3, -0.25) is 4.79 Å². The molecule has 1 aliphatic heterocycles. The fraction of sp³-hybridized carbons (Fsp3) is 0.417. The van der Waals surface area contributed by atoms with Crippen molar-refractivity contribution >= 4 is 22.8 Å². The van der Waals surface area contributed by atoms with Crippen molar-refractivity contribution in [3.05, 3.63) is 48.8 Å². The molecule has 3 aromatic rings. The van der Waals surface area contributed by atoms with E-state index in [9.17, 15) is 4.79 Å². The van der Waals surface area contributed by atoms with Crippen LogP contribution in [0.1, 0.15) is 56.0 Å². The SMILES string of the molecule is C=CC(=O)N1CCC(n2nc(-c3ccc(C4CCCCC4)cc3)c3c(N)ncnc32)C1. The second-order valence-electron chi connectivity index (χ2n) is 8.64. The molecule has 1 amide bonds. The Balaban J connectivity index is 1.51. The van der Waals surface area contributed by atoms with Gasteiger partial charge in [-0.15, -0.1) is 0 Å². The van der Waals surface area contributed by atoms with E-state index in [0.717, 1.165) is 28.7 Å². The highest BCUT2D eigenvalue weighted by Crippen LogP contribution is 2.36. The number of benzene rings is 1. The van der Waals surface area contributed by atoms with Crippen LogP contribution in [0.15, 0.2) is 43.2 Å². The average Bonchev–Trinajstić information content (AvgIpc) is 3.45. The fourth-order valence-corrected chi connectivity index (χ4v) is 5.07. The van der Waals surface area contributed by atoms with Crippen LogP contribution in [0.5, 0.6) is 0 Å². The molecule has 7 heteroatoms. The predicted octanol–water partition coefficient (Wildman–Crippen LogP) is 4.08. The van der Waals surface area contributed by atoms with Gasteiger partial charge < -0.3 is 10.6 Å². The first-order valence-corrected chi connectivity index (χ1v) is 11.2. The summed E-state index contributed by atoms with van der Waals surface area (Å²) in [7, 11) is 0. The van der Waals surface area contributed by atoms with Gasteiger partial charge in [0.1, 0.15) is 17.8 Å². The lowest BCUT2D eigenvalue weighted by Gasteiger charge is -2.22. The summed E-state index contributed by atoms with van der Waals surface area (Å²) in [4.78, 5) is 22.5. The summed E-state index contributed by atoms with van der Waals surface area (Å²) in [5.41, 5.74) is 10.2. The van der Waals surface area contributed by atoms with Crippen molar-refractivity contribution in [2.24, 2.45) is 0 Å². The smallest absolute Gasteiger partial charge is 0.246 e. The third-order valence-corrected chi connectivity index (χ3v) is 6.77. The van der Waals surface area contributed by atoms with Crippen LogP contribution in [0, 0.1) is 0 Å². The Morgan fingerprint density at radius 1 is 1.10 bits per heavy atom. The summed E-state index contributed by atoms with van der Waals surface area (Å²) < 4.78 is 1.92. The molecule has 1 aliphatic carbocycles. The second-order valence-corrected chi connectivity index (χ2v) is 8.64. The van der Waals surface area contributed by atoms with E-state index >= 15 is 0 Å². The Bertz CT molecular complexity index is 1110. The van der Waals surface area contributed by atoms with Gasteiger partial charge in [-0.25, -0.2) is 14.6 Å². The minimum atomic E-state index is -0.0494. The number of aromatic nitrogens is 4. The normalized spacial score (nSPS) is 19.7. The number of nitrogens with zero attached hydrogens (tertiary/aromatic N) is 5. The van der Waals surface area contributed by atoms with Crippen LogP contribution in [0.4, 0.5) is 5.82 Å². The number of carbonyl (C=O) groups is 1. The van der Waals surface area contributed by atoms with Gasteiger partial charge in [0.15, 0.2) is 5.65 Å². The average molecular weight is 417 g/mol. The maximum absolute atomic E-state index is 12.0. The van der Waals surface area contributed by atoms with Crippen LogP contribution < -0.4 is 5.73 Å². The number of anilines is 1. The summed E-state index contributed by atoms with van der Waals surface area (Å²) in [6.07, 6.45) is 10.2. The van der Waals surface area contributed by atoms with Crippen molar-refractivity contribution in [2.75, 3.05) is 18.8 Å². The number of amides is 1.